The van der Waals surface area contributed by atoms with Crippen LogP contribution in [0.1, 0.15) is 37.0 Å². The Morgan fingerprint density at radius 1 is 1.10 bits per heavy atom. The number of thioether (sulfide) groups is 1. The fourth-order valence-corrected chi connectivity index (χ4v) is 5.01. The fourth-order valence-electron chi connectivity index (χ4n) is 3.18. The molecular formula is C23H24N4OS2. The molecule has 2 aromatic carbocycles. The molecule has 1 atom stereocenters. The predicted molar refractivity (Wildman–Crippen MR) is 123 cm³/mol. The third-order valence-corrected chi connectivity index (χ3v) is 6.59. The first-order valence-corrected chi connectivity index (χ1v) is 11.8. The molecule has 4 aromatic rings. The summed E-state index contributed by atoms with van der Waals surface area (Å²) in [6.45, 7) is 6.97. The molecule has 0 radical (unpaired) electrons. The lowest BCUT2D eigenvalue weighted by atomic mass is 10.2. The Balaban J connectivity index is 1.44. The van der Waals surface area contributed by atoms with E-state index in [0.717, 1.165) is 45.3 Å². The van der Waals surface area contributed by atoms with Crippen molar-refractivity contribution in [1.29, 1.82) is 0 Å². The number of aryl methyl sites for hydroxylation is 1. The molecule has 0 aliphatic rings. The lowest BCUT2D eigenvalue weighted by Crippen LogP contribution is -2.12. The van der Waals surface area contributed by atoms with Crippen molar-refractivity contribution in [2.24, 2.45) is 0 Å². The van der Waals surface area contributed by atoms with Crippen LogP contribution in [0.15, 0.2) is 65.1 Å². The van der Waals surface area contributed by atoms with E-state index in [-0.39, 0.29) is 6.10 Å². The Hall–Kier alpha value is -2.64. The summed E-state index contributed by atoms with van der Waals surface area (Å²) in [4.78, 5) is 4.77. The minimum atomic E-state index is -0.183. The van der Waals surface area contributed by atoms with Gasteiger partial charge >= 0.3 is 0 Å². The number of hydrogen-bond acceptors (Lipinski definition) is 6. The van der Waals surface area contributed by atoms with E-state index in [1.807, 2.05) is 43.3 Å². The van der Waals surface area contributed by atoms with Crippen molar-refractivity contribution in [2.45, 2.75) is 44.3 Å². The lowest BCUT2D eigenvalue weighted by molar-refractivity contribution is 0.210. The van der Waals surface area contributed by atoms with Gasteiger partial charge in [-0.1, -0.05) is 54.2 Å². The van der Waals surface area contributed by atoms with Gasteiger partial charge in [-0.05, 0) is 38.5 Å². The van der Waals surface area contributed by atoms with Crippen LogP contribution in [0.25, 0.3) is 10.6 Å². The standard InChI is InChI=1S/C23H24N4OS2/c1-4-27-21(17(3)28-20-12-8-9-16(2)13-20)25-26-23(27)30-15-19-14-29-22(24-19)18-10-6-5-7-11-18/h5-14,17H,4,15H2,1-3H3. The van der Waals surface area contributed by atoms with E-state index in [0.29, 0.717) is 0 Å². The van der Waals surface area contributed by atoms with Crippen LogP contribution in [-0.2, 0) is 12.3 Å². The van der Waals surface area contributed by atoms with Gasteiger partial charge in [0.25, 0.3) is 0 Å². The summed E-state index contributed by atoms with van der Waals surface area (Å²) in [7, 11) is 0. The van der Waals surface area contributed by atoms with E-state index in [1.165, 1.54) is 5.56 Å². The number of hydrogen-bond donors (Lipinski definition) is 0. The second-order valence-electron chi connectivity index (χ2n) is 6.96. The molecule has 7 heteroatoms. The molecule has 5 nitrogen and oxygen atoms in total. The summed E-state index contributed by atoms with van der Waals surface area (Å²) in [5, 5.41) is 12.9. The Labute approximate surface area is 185 Å². The van der Waals surface area contributed by atoms with E-state index < -0.39 is 0 Å². The van der Waals surface area contributed by atoms with Crippen LogP contribution in [-0.4, -0.2) is 19.7 Å². The first-order chi connectivity index (χ1) is 14.6. The zero-order chi connectivity index (χ0) is 20.9. The zero-order valence-corrected chi connectivity index (χ0v) is 18.9. The molecule has 154 valence electrons. The van der Waals surface area contributed by atoms with Gasteiger partial charge in [0.15, 0.2) is 17.1 Å². The highest BCUT2D eigenvalue weighted by Crippen LogP contribution is 2.29. The van der Waals surface area contributed by atoms with Crippen molar-refractivity contribution in [3.8, 4) is 16.3 Å². The van der Waals surface area contributed by atoms with Crippen LogP contribution < -0.4 is 4.74 Å². The second kappa shape index (κ2) is 9.45. The smallest absolute Gasteiger partial charge is 0.191 e. The molecule has 0 saturated carbocycles. The molecule has 0 aliphatic carbocycles. The maximum absolute atomic E-state index is 6.11. The summed E-state index contributed by atoms with van der Waals surface area (Å²) < 4.78 is 8.23. The predicted octanol–water partition coefficient (Wildman–Crippen LogP) is 6.16. The number of benzene rings is 2. The van der Waals surface area contributed by atoms with Gasteiger partial charge in [-0.3, -0.25) is 0 Å². The van der Waals surface area contributed by atoms with Crippen LogP contribution in [0.5, 0.6) is 5.75 Å². The Morgan fingerprint density at radius 2 is 1.93 bits per heavy atom. The van der Waals surface area contributed by atoms with Gasteiger partial charge in [-0.15, -0.1) is 21.5 Å². The molecule has 4 rings (SSSR count). The molecule has 0 aliphatic heterocycles. The van der Waals surface area contributed by atoms with Crippen LogP contribution in [0.2, 0.25) is 0 Å². The maximum atomic E-state index is 6.11. The van der Waals surface area contributed by atoms with E-state index in [2.05, 4.69) is 52.2 Å². The van der Waals surface area contributed by atoms with Gasteiger partial charge in [0, 0.05) is 23.2 Å². The molecular weight excluding hydrogens is 412 g/mol. The highest BCUT2D eigenvalue weighted by Gasteiger charge is 2.19. The third-order valence-electron chi connectivity index (χ3n) is 4.65. The first-order valence-electron chi connectivity index (χ1n) is 9.93. The number of aromatic nitrogens is 4. The average molecular weight is 437 g/mol. The zero-order valence-electron chi connectivity index (χ0n) is 17.3. The second-order valence-corrected chi connectivity index (χ2v) is 8.76. The van der Waals surface area contributed by atoms with Crippen LogP contribution in [0.3, 0.4) is 0 Å². The molecule has 0 spiro atoms. The number of rotatable bonds is 8. The highest BCUT2D eigenvalue weighted by molar-refractivity contribution is 7.98. The van der Waals surface area contributed by atoms with Gasteiger partial charge in [0.1, 0.15) is 10.8 Å². The van der Waals surface area contributed by atoms with Crippen molar-refractivity contribution in [2.75, 3.05) is 0 Å². The molecule has 2 heterocycles. The van der Waals surface area contributed by atoms with Crippen molar-refractivity contribution in [3.05, 3.63) is 77.1 Å². The number of thiazole rings is 1. The first kappa shape index (κ1) is 20.6. The molecule has 1 unspecified atom stereocenters. The molecule has 0 saturated heterocycles. The Morgan fingerprint density at radius 3 is 2.70 bits per heavy atom. The van der Waals surface area contributed by atoms with Crippen molar-refractivity contribution in [1.82, 2.24) is 19.7 Å². The third kappa shape index (κ3) is 4.74. The van der Waals surface area contributed by atoms with Gasteiger partial charge in [-0.25, -0.2) is 4.98 Å². The quantitative estimate of drug-likeness (QED) is 0.310. The van der Waals surface area contributed by atoms with Gasteiger partial charge < -0.3 is 9.30 Å². The van der Waals surface area contributed by atoms with Crippen LogP contribution in [0.4, 0.5) is 0 Å². The van der Waals surface area contributed by atoms with Crippen molar-refractivity contribution < 1.29 is 4.74 Å². The Kier molecular flexibility index (Phi) is 6.50. The summed E-state index contributed by atoms with van der Waals surface area (Å²) in [5.41, 5.74) is 3.38. The van der Waals surface area contributed by atoms with E-state index >= 15 is 0 Å². The van der Waals surface area contributed by atoms with Crippen LogP contribution >= 0.6 is 23.1 Å². The minimum absolute atomic E-state index is 0.183. The number of ether oxygens (including phenoxy) is 1. The molecule has 0 fully saturated rings. The lowest BCUT2D eigenvalue weighted by Gasteiger charge is -2.15. The summed E-state index contributed by atoms with van der Waals surface area (Å²) in [6, 6.07) is 18.3. The molecule has 0 amide bonds. The summed E-state index contributed by atoms with van der Waals surface area (Å²) >= 11 is 3.33. The number of nitrogens with zero attached hydrogens (tertiary/aromatic N) is 4. The fraction of sp³-hybridized carbons (Fsp3) is 0.261. The Bertz CT molecular complexity index is 1110. The average Bonchev–Trinajstić information content (AvgIpc) is 3.39. The molecule has 0 bridgehead atoms. The minimum Gasteiger partial charge on any atom is -0.483 e. The topological polar surface area (TPSA) is 52.8 Å². The van der Waals surface area contributed by atoms with Crippen molar-refractivity contribution in [3.63, 3.8) is 0 Å². The highest BCUT2D eigenvalue weighted by atomic mass is 32.2. The summed E-state index contributed by atoms with van der Waals surface area (Å²) in [5.74, 6) is 2.44. The van der Waals surface area contributed by atoms with Gasteiger partial charge in [0.05, 0.1) is 5.69 Å². The maximum Gasteiger partial charge on any atom is 0.191 e. The normalized spacial score (nSPS) is 12.1. The van der Waals surface area contributed by atoms with Gasteiger partial charge in [-0.2, -0.15) is 0 Å². The largest absolute Gasteiger partial charge is 0.483 e. The molecule has 30 heavy (non-hydrogen) atoms. The van der Waals surface area contributed by atoms with E-state index in [9.17, 15) is 0 Å². The molecule has 0 N–H and O–H groups in total. The van der Waals surface area contributed by atoms with E-state index in [1.54, 1.807) is 23.1 Å². The monoisotopic (exact) mass is 436 g/mol. The molecule has 2 aromatic heterocycles. The summed E-state index contributed by atoms with van der Waals surface area (Å²) in [6.07, 6.45) is -0.183. The van der Waals surface area contributed by atoms with E-state index in [4.69, 9.17) is 9.72 Å². The van der Waals surface area contributed by atoms with Crippen LogP contribution in [0, 0.1) is 6.92 Å². The van der Waals surface area contributed by atoms with Gasteiger partial charge in [0.2, 0.25) is 0 Å². The SMILES string of the molecule is CCn1c(SCc2csc(-c3ccccc3)n2)nnc1C(C)Oc1cccc(C)c1. The van der Waals surface area contributed by atoms with Crippen molar-refractivity contribution >= 4 is 23.1 Å².